The number of H-pyrrole nitrogens is 1. The highest BCUT2D eigenvalue weighted by Crippen LogP contribution is 2.44. The first-order valence-corrected chi connectivity index (χ1v) is 9.42. The van der Waals surface area contributed by atoms with Crippen LogP contribution in [0, 0.1) is 5.92 Å². The Bertz CT molecular complexity index is 801. The summed E-state index contributed by atoms with van der Waals surface area (Å²) in [7, 11) is 2.23. The fraction of sp³-hybridized carbons (Fsp3) is 0.571. The average Bonchev–Trinajstić information content (AvgIpc) is 2.91. The van der Waals surface area contributed by atoms with Crippen LogP contribution in [-0.4, -0.2) is 41.0 Å². The van der Waals surface area contributed by atoms with Crippen molar-refractivity contribution in [2.45, 2.75) is 57.5 Å². The van der Waals surface area contributed by atoms with E-state index in [1.807, 2.05) is 20.8 Å². The number of nitrogens with one attached hydrogen (secondary N) is 2. The third kappa shape index (κ3) is 3.08. The summed E-state index contributed by atoms with van der Waals surface area (Å²) in [4.78, 5) is 18.3. The minimum absolute atomic E-state index is 0.156. The molecule has 2 N–H and O–H groups in total. The monoisotopic (exact) mass is 339 g/mol. The predicted octanol–water partition coefficient (Wildman–Crippen LogP) is 3.43. The van der Waals surface area contributed by atoms with Gasteiger partial charge in [-0.2, -0.15) is 0 Å². The standard InChI is InChI=1S/C21H29N3O/c1-21(2,3)23-19(25)9-13-8-16-15-6-5-7-17-20(15)14(11-22-17)10-18(16)24(4)12-13/h5-7,11,13,16,18,22H,8-10,12H2,1-4H3,(H,23,25)/t13-,16?,18+/m0/s1. The number of carbonyl (C=O) groups is 1. The molecular weight excluding hydrogens is 310 g/mol. The number of amides is 1. The van der Waals surface area contributed by atoms with Gasteiger partial charge in [-0.1, -0.05) is 12.1 Å². The lowest BCUT2D eigenvalue weighted by Crippen LogP contribution is -2.49. The third-order valence-corrected chi connectivity index (χ3v) is 5.80. The van der Waals surface area contributed by atoms with Crippen LogP contribution in [0.2, 0.25) is 0 Å². The highest BCUT2D eigenvalue weighted by atomic mass is 16.1. The number of aromatic amines is 1. The van der Waals surface area contributed by atoms with E-state index in [1.165, 1.54) is 22.0 Å². The lowest BCUT2D eigenvalue weighted by atomic mass is 9.72. The third-order valence-electron chi connectivity index (χ3n) is 5.80. The van der Waals surface area contributed by atoms with Crippen molar-refractivity contribution in [2.24, 2.45) is 5.92 Å². The van der Waals surface area contributed by atoms with Crippen molar-refractivity contribution >= 4 is 16.8 Å². The van der Waals surface area contributed by atoms with Crippen LogP contribution in [0.5, 0.6) is 0 Å². The second kappa shape index (κ2) is 5.87. The van der Waals surface area contributed by atoms with Gasteiger partial charge >= 0.3 is 0 Å². The molecule has 0 spiro atoms. The second-order valence-corrected chi connectivity index (χ2v) is 9.01. The molecule has 4 heteroatoms. The minimum Gasteiger partial charge on any atom is -0.361 e. The first kappa shape index (κ1) is 16.6. The van der Waals surface area contributed by atoms with E-state index < -0.39 is 0 Å². The molecular formula is C21H29N3O. The fourth-order valence-electron chi connectivity index (χ4n) is 4.93. The van der Waals surface area contributed by atoms with E-state index in [2.05, 4.69) is 46.6 Å². The minimum atomic E-state index is -0.156. The molecule has 1 saturated heterocycles. The lowest BCUT2D eigenvalue weighted by Gasteiger charge is -2.45. The van der Waals surface area contributed by atoms with Gasteiger partial charge in [0, 0.05) is 47.6 Å². The summed E-state index contributed by atoms with van der Waals surface area (Å²) in [5, 5.41) is 4.55. The fourth-order valence-corrected chi connectivity index (χ4v) is 4.93. The van der Waals surface area contributed by atoms with Gasteiger partial charge in [0.25, 0.3) is 0 Å². The van der Waals surface area contributed by atoms with Crippen molar-refractivity contribution in [2.75, 3.05) is 13.6 Å². The molecule has 4 rings (SSSR count). The van der Waals surface area contributed by atoms with Crippen molar-refractivity contribution in [3.8, 4) is 0 Å². The van der Waals surface area contributed by atoms with Crippen LogP contribution in [0.4, 0.5) is 0 Å². The zero-order valence-electron chi connectivity index (χ0n) is 15.7. The number of hydrogen-bond acceptors (Lipinski definition) is 2. The van der Waals surface area contributed by atoms with Gasteiger partial charge in [0.15, 0.2) is 0 Å². The highest BCUT2D eigenvalue weighted by molar-refractivity contribution is 5.88. The molecule has 0 saturated carbocycles. The zero-order valence-corrected chi connectivity index (χ0v) is 15.7. The predicted molar refractivity (Wildman–Crippen MR) is 102 cm³/mol. The molecule has 134 valence electrons. The Morgan fingerprint density at radius 2 is 2.16 bits per heavy atom. The van der Waals surface area contributed by atoms with E-state index in [0.29, 0.717) is 24.3 Å². The van der Waals surface area contributed by atoms with Crippen LogP contribution >= 0.6 is 0 Å². The Labute approximate surface area is 150 Å². The van der Waals surface area contributed by atoms with E-state index in [9.17, 15) is 4.79 Å². The topological polar surface area (TPSA) is 48.1 Å². The number of benzene rings is 1. The summed E-state index contributed by atoms with van der Waals surface area (Å²) in [6.45, 7) is 7.14. The van der Waals surface area contributed by atoms with Gasteiger partial charge in [-0.25, -0.2) is 0 Å². The van der Waals surface area contributed by atoms with Crippen molar-refractivity contribution < 1.29 is 4.79 Å². The Morgan fingerprint density at radius 1 is 1.36 bits per heavy atom. The molecule has 0 bridgehead atoms. The number of nitrogens with zero attached hydrogens (tertiary/aromatic N) is 1. The highest BCUT2D eigenvalue weighted by Gasteiger charge is 2.39. The van der Waals surface area contributed by atoms with Crippen LogP contribution in [-0.2, 0) is 11.2 Å². The lowest BCUT2D eigenvalue weighted by molar-refractivity contribution is -0.124. The van der Waals surface area contributed by atoms with Gasteiger partial charge in [0.2, 0.25) is 5.91 Å². The Morgan fingerprint density at radius 3 is 2.92 bits per heavy atom. The summed E-state index contributed by atoms with van der Waals surface area (Å²) >= 11 is 0. The van der Waals surface area contributed by atoms with Crippen molar-refractivity contribution in [1.82, 2.24) is 15.2 Å². The second-order valence-electron chi connectivity index (χ2n) is 9.01. The summed E-state index contributed by atoms with van der Waals surface area (Å²) < 4.78 is 0. The zero-order chi connectivity index (χ0) is 17.8. The molecule has 0 radical (unpaired) electrons. The SMILES string of the molecule is CN1C[C@H](CC(=O)NC(C)(C)C)CC2c3cccc4[nH]cc(c34)C[C@H]21. The normalized spacial score (nSPS) is 26.5. The molecule has 1 unspecified atom stereocenters. The molecule has 25 heavy (non-hydrogen) atoms. The Kier molecular flexibility index (Phi) is 3.91. The maximum absolute atomic E-state index is 12.4. The molecule has 4 nitrogen and oxygen atoms in total. The van der Waals surface area contributed by atoms with Gasteiger partial charge in [-0.15, -0.1) is 0 Å². The molecule has 1 fully saturated rings. The smallest absolute Gasteiger partial charge is 0.220 e. The van der Waals surface area contributed by atoms with Crippen molar-refractivity contribution in [3.63, 3.8) is 0 Å². The summed E-state index contributed by atoms with van der Waals surface area (Å²) in [5.41, 5.74) is 4.01. The molecule has 1 amide bonds. The van der Waals surface area contributed by atoms with Crippen LogP contribution in [0.15, 0.2) is 24.4 Å². The van der Waals surface area contributed by atoms with E-state index in [4.69, 9.17) is 0 Å². The first-order chi connectivity index (χ1) is 11.8. The number of hydrogen-bond donors (Lipinski definition) is 2. The van der Waals surface area contributed by atoms with Crippen LogP contribution in [0.3, 0.4) is 0 Å². The maximum atomic E-state index is 12.4. The van der Waals surface area contributed by atoms with Crippen molar-refractivity contribution in [3.05, 3.63) is 35.5 Å². The van der Waals surface area contributed by atoms with Crippen LogP contribution < -0.4 is 5.32 Å². The largest absolute Gasteiger partial charge is 0.361 e. The van der Waals surface area contributed by atoms with Gasteiger partial charge < -0.3 is 15.2 Å². The molecule has 1 aromatic carbocycles. The number of aromatic nitrogens is 1. The first-order valence-electron chi connectivity index (χ1n) is 9.42. The maximum Gasteiger partial charge on any atom is 0.220 e. The summed E-state index contributed by atoms with van der Waals surface area (Å²) in [6, 6.07) is 7.18. The van der Waals surface area contributed by atoms with Crippen LogP contribution in [0.1, 0.15) is 50.7 Å². The molecule has 2 aliphatic rings. The number of likely N-dealkylation sites (tertiary alicyclic amines) is 1. The average molecular weight is 339 g/mol. The van der Waals surface area contributed by atoms with Gasteiger partial charge in [-0.05, 0) is 63.8 Å². The number of rotatable bonds is 2. The van der Waals surface area contributed by atoms with Gasteiger partial charge in [0.1, 0.15) is 0 Å². The van der Waals surface area contributed by atoms with E-state index >= 15 is 0 Å². The Hall–Kier alpha value is -1.81. The van der Waals surface area contributed by atoms with Gasteiger partial charge in [-0.3, -0.25) is 4.79 Å². The van der Waals surface area contributed by atoms with Crippen LogP contribution in [0.25, 0.3) is 10.9 Å². The van der Waals surface area contributed by atoms with E-state index in [1.54, 1.807) is 0 Å². The number of fused-ring (bicyclic) bond motifs is 2. The molecule has 1 aliphatic heterocycles. The molecule has 2 heterocycles. The van der Waals surface area contributed by atoms with E-state index in [-0.39, 0.29) is 11.4 Å². The quantitative estimate of drug-likeness (QED) is 0.880. The number of piperidine rings is 1. The van der Waals surface area contributed by atoms with Gasteiger partial charge in [0.05, 0.1) is 0 Å². The van der Waals surface area contributed by atoms with Crippen molar-refractivity contribution in [1.29, 1.82) is 0 Å². The number of carbonyl (C=O) groups excluding carboxylic acids is 1. The molecule has 2 aromatic rings. The molecule has 3 atom stereocenters. The molecule has 1 aromatic heterocycles. The summed E-state index contributed by atoms with van der Waals surface area (Å²) in [6.07, 6.45) is 5.03. The molecule has 1 aliphatic carbocycles. The van der Waals surface area contributed by atoms with E-state index in [0.717, 1.165) is 19.4 Å². The summed E-state index contributed by atoms with van der Waals surface area (Å²) in [5.74, 6) is 1.13. The number of likely N-dealkylation sites (N-methyl/N-ethyl adjacent to an activating group) is 1. The Balaban J connectivity index is 1.58.